The Labute approximate surface area is 85.5 Å². The summed E-state index contributed by atoms with van der Waals surface area (Å²) in [6.07, 6.45) is 1.86. The van der Waals surface area contributed by atoms with E-state index < -0.39 is 0 Å². The van der Waals surface area contributed by atoms with Crippen LogP contribution in [0.1, 0.15) is 30.6 Å². The van der Waals surface area contributed by atoms with Crippen LogP contribution in [0.15, 0.2) is 24.3 Å². The summed E-state index contributed by atoms with van der Waals surface area (Å²) in [4.78, 5) is 0. The van der Waals surface area contributed by atoms with E-state index in [1.54, 1.807) is 7.11 Å². The van der Waals surface area contributed by atoms with Crippen LogP contribution in [-0.4, -0.2) is 18.8 Å². The Morgan fingerprint density at radius 3 is 2.71 bits per heavy atom. The summed E-state index contributed by atoms with van der Waals surface area (Å²) in [6, 6.07) is 8.23. The van der Waals surface area contributed by atoms with Gasteiger partial charge in [-0.15, -0.1) is 0 Å². The molecule has 0 aliphatic heterocycles. The SMILES string of the molecule is COC(C)c1ccccc1CCCO. The molecule has 0 bridgehead atoms. The van der Waals surface area contributed by atoms with Crippen LogP contribution in [0.2, 0.25) is 0 Å². The number of methoxy groups -OCH3 is 1. The van der Waals surface area contributed by atoms with Gasteiger partial charge in [-0.3, -0.25) is 0 Å². The molecule has 0 radical (unpaired) electrons. The number of hydrogen-bond acceptors (Lipinski definition) is 2. The molecule has 1 atom stereocenters. The molecule has 1 rings (SSSR count). The van der Waals surface area contributed by atoms with Crippen LogP contribution in [-0.2, 0) is 11.2 Å². The lowest BCUT2D eigenvalue weighted by Gasteiger charge is -2.14. The van der Waals surface area contributed by atoms with Gasteiger partial charge in [-0.2, -0.15) is 0 Å². The van der Waals surface area contributed by atoms with Crippen LogP contribution >= 0.6 is 0 Å². The van der Waals surface area contributed by atoms with Crippen molar-refractivity contribution in [1.29, 1.82) is 0 Å². The molecule has 1 unspecified atom stereocenters. The molecule has 0 amide bonds. The second-order valence-electron chi connectivity index (χ2n) is 3.40. The van der Waals surface area contributed by atoms with Crippen LogP contribution in [0, 0.1) is 0 Å². The largest absolute Gasteiger partial charge is 0.396 e. The second kappa shape index (κ2) is 5.78. The second-order valence-corrected chi connectivity index (χ2v) is 3.40. The van der Waals surface area contributed by atoms with Crippen molar-refractivity contribution in [3.63, 3.8) is 0 Å². The smallest absolute Gasteiger partial charge is 0.0795 e. The molecule has 1 aromatic carbocycles. The van der Waals surface area contributed by atoms with Crippen molar-refractivity contribution in [3.8, 4) is 0 Å². The van der Waals surface area contributed by atoms with E-state index in [1.165, 1.54) is 11.1 Å². The molecule has 0 aromatic heterocycles. The Balaban J connectivity index is 2.79. The summed E-state index contributed by atoms with van der Waals surface area (Å²) >= 11 is 0. The molecule has 0 aliphatic rings. The lowest BCUT2D eigenvalue weighted by atomic mass is 9.99. The highest BCUT2D eigenvalue weighted by Gasteiger charge is 2.08. The van der Waals surface area contributed by atoms with Gasteiger partial charge in [0.1, 0.15) is 0 Å². The number of benzene rings is 1. The molecule has 0 saturated carbocycles. The molecule has 1 aromatic rings. The van der Waals surface area contributed by atoms with E-state index in [-0.39, 0.29) is 12.7 Å². The lowest BCUT2D eigenvalue weighted by molar-refractivity contribution is 0.118. The monoisotopic (exact) mass is 194 g/mol. The maximum Gasteiger partial charge on any atom is 0.0795 e. The highest BCUT2D eigenvalue weighted by Crippen LogP contribution is 2.21. The van der Waals surface area contributed by atoms with E-state index >= 15 is 0 Å². The Bertz CT molecular complexity index is 271. The molecule has 0 heterocycles. The van der Waals surface area contributed by atoms with Gasteiger partial charge in [-0.25, -0.2) is 0 Å². The van der Waals surface area contributed by atoms with Crippen molar-refractivity contribution < 1.29 is 9.84 Å². The van der Waals surface area contributed by atoms with E-state index in [2.05, 4.69) is 12.1 Å². The number of hydrogen-bond donors (Lipinski definition) is 1. The van der Waals surface area contributed by atoms with E-state index in [1.807, 2.05) is 19.1 Å². The Morgan fingerprint density at radius 2 is 2.07 bits per heavy atom. The fourth-order valence-corrected chi connectivity index (χ4v) is 1.55. The fourth-order valence-electron chi connectivity index (χ4n) is 1.55. The number of aryl methyl sites for hydroxylation is 1. The van der Waals surface area contributed by atoms with Gasteiger partial charge in [0.05, 0.1) is 6.10 Å². The first-order valence-corrected chi connectivity index (χ1v) is 5.01. The van der Waals surface area contributed by atoms with Crippen LogP contribution in [0.3, 0.4) is 0 Å². The van der Waals surface area contributed by atoms with Crippen LogP contribution in [0.25, 0.3) is 0 Å². The molecule has 2 nitrogen and oxygen atoms in total. The third-order valence-electron chi connectivity index (χ3n) is 2.45. The first-order valence-electron chi connectivity index (χ1n) is 5.01. The van der Waals surface area contributed by atoms with Gasteiger partial charge in [0, 0.05) is 13.7 Å². The minimum atomic E-state index is 0.130. The van der Waals surface area contributed by atoms with Crippen molar-refractivity contribution in [2.75, 3.05) is 13.7 Å². The van der Waals surface area contributed by atoms with Crippen molar-refractivity contribution in [2.24, 2.45) is 0 Å². The predicted octanol–water partition coefficient (Wildman–Crippen LogP) is 2.32. The first-order chi connectivity index (χ1) is 6.79. The highest BCUT2D eigenvalue weighted by atomic mass is 16.5. The van der Waals surface area contributed by atoms with Gasteiger partial charge in [-0.05, 0) is 30.9 Å². The van der Waals surface area contributed by atoms with Crippen LogP contribution in [0.5, 0.6) is 0 Å². The molecule has 0 spiro atoms. The third-order valence-corrected chi connectivity index (χ3v) is 2.45. The summed E-state index contributed by atoms with van der Waals surface area (Å²) in [5, 5.41) is 8.78. The lowest BCUT2D eigenvalue weighted by Crippen LogP contribution is -2.01. The van der Waals surface area contributed by atoms with Gasteiger partial charge in [0.2, 0.25) is 0 Å². The first kappa shape index (κ1) is 11.2. The van der Waals surface area contributed by atoms with Crippen molar-refractivity contribution in [3.05, 3.63) is 35.4 Å². The van der Waals surface area contributed by atoms with Gasteiger partial charge in [-0.1, -0.05) is 24.3 Å². The molecule has 0 aliphatic carbocycles. The average Bonchev–Trinajstić information content (AvgIpc) is 2.25. The minimum Gasteiger partial charge on any atom is -0.396 e. The summed E-state index contributed by atoms with van der Waals surface area (Å²) in [6.45, 7) is 2.29. The van der Waals surface area contributed by atoms with Crippen LogP contribution in [0.4, 0.5) is 0 Å². The van der Waals surface area contributed by atoms with Gasteiger partial charge < -0.3 is 9.84 Å². The fraction of sp³-hybridized carbons (Fsp3) is 0.500. The molecule has 2 heteroatoms. The van der Waals surface area contributed by atoms with Crippen molar-refractivity contribution >= 4 is 0 Å². The van der Waals surface area contributed by atoms with Crippen molar-refractivity contribution in [2.45, 2.75) is 25.9 Å². The van der Waals surface area contributed by atoms with Gasteiger partial charge in [0.25, 0.3) is 0 Å². The maximum atomic E-state index is 8.78. The Kier molecular flexibility index (Phi) is 4.63. The third kappa shape index (κ3) is 2.82. The molecule has 78 valence electrons. The standard InChI is InChI=1S/C12H18O2/c1-10(14-2)12-8-4-3-6-11(12)7-5-9-13/h3-4,6,8,10,13H,5,7,9H2,1-2H3. The van der Waals surface area contributed by atoms with Crippen molar-refractivity contribution in [1.82, 2.24) is 0 Å². The summed E-state index contributed by atoms with van der Waals surface area (Å²) in [5.74, 6) is 0. The quantitative estimate of drug-likeness (QED) is 0.779. The Morgan fingerprint density at radius 1 is 1.36 bits per heavy atom. The molecule has 0 fully saturated rings. The molecular formula is C12H18O2. The van der Waals surface area contributed by atoms with Gasteiger partial charge >= 0.3 is 0 Å². The molecule has 14 heavy (non-hydrogen) atoms. The van der Waals surface area contributed by atoms with E-state index in [0.29, 0.717) is 0 Å². The Hall–Kier alpha value is -0.860. The number of rotatable bonds is 5. The normalized spacial score (nSPS) is 12.8. The number of aliphatic hydroxyl groups is 1. The average molecular weight is 194 g/mol. The summed E-state index contributed by atoms with van der Waals surface area (Å²) in [7, 11) is 1.72. The highest BCUT2D eigenvalue weighted by molar-refractivity contribution is 5.29. The number of ether oxygens (including phenoxy) is 1. The van der Waals surface area contributed by atoms with E-state index in [0.717, 1.165) is 12.8 Å². The zero-order chi connectivity index (χ0) is 10.4. The van der Waals surface area contributed by atoms with Gasteiger partial charge in [0.15, 0.2) is 0 Å². The van der Waals surface area contributed by atoms with E-state index in [4.69, 9.17) is 9.84 Å². The van der Waals surface area contributed by atoms with Crippen LogP contribution < -0.4 is 0 Å². The molecule has 0 saturated heterocycles. The zero-order valence-corrected chi connectivity index (χ0v) is 8.86. The number of aliphatic hydroxyl groups excluding tert-OH is 1. The molecule has 1 N–H and O–H groups in total. The zero-order valence-electron chi connectivity index (χ0n) is 8.86. The maximum absolute atomic E-state index is 8.78. The van der Waals surface area contributed by atoms with E-state index in [9.17, 15) is 0 Å². The molecular weight excluding hydrogens is 176 g/mol. The minimum absolute atomic E-state index is 0.130. The summed E-state index contributed by atoms with van der Waals surface area (Å²) in [5.41, 5.74) is 2.50. The predicted molar refractivity (Wildman–Crippen MR) is 57.3 cm³/mol. The topological polar surface area (TPSA) is 29.5 Å². The summed E-state index contributed by atoms with van der Waals surface area (Å²) < 4.78 is 5.29.